The molecule has 0 saturated carbocycles. The maximum absolute atomic E-state index is 12.4. The first-order chi connectivity index (χ1) is 10.5. The number of carbonyl (C=O) groups is 2. The fraction of sp³-hybridized carbons (Fsp3) is 0.375. The van der Waals surface area contributed by atoms with Gasteiger partial charge in [0.05, 0.1) is 24.7 Å². The predicted molar refractivity (Wildman–Crippen MR) is 81.4 cm³/mol. The highest BCUT2D eigenvalue weighted by Gasteiger charge is 2.37. The second kappa shape index (κ2) is 5.71. The number of nitrogens with one attached hydrogen (secondary N) is 2. The molecule has 6 nitrogen and oxygen atoms in total. The van der Waals surface area contributed by atoms with Gasteiger partial charge in [0.25, 0.3) is 5.91 Å². The Morgan fingerprint density at radius 3 is 2.73 bits per heavy atom. The Kier molecular flexibility index (Phi) is 3.75. The number of urea groups is 1. The van der Waals surface area contributed by atoms with Gasteiger partial charge in [0.15, 0.2) is 0 Å². The van der Waals surface area contributed by atoms with Gasteiger partial charge in [-0.1, -0.05) is 17.7 Å². The van der Waals surface area contributed by atoms with Gasteiger partial charge in [-0.05, 0) is 26.0 Å². The number of amides is 3. The smallest absolute Gasteiger partial charge is 0.319 e. The molecule has 1 unspecified atom stereocenters. The van der Waals surface area contributed by atoms with Crippen molar-refractivity contribution >= 4 is 11.9 Å². The van der Waals surface area contributed by atoms with E-state index in [1.54, 1.807) is 4.90 Å². The van der Waals surface area contributed by atoms with E-state index in [1.807, 2.05) is 38.1 Å². The van der Waals surface area contributed by atoms with Crippen LogP contribution >= 0.6 is 0 Å². The van der Waals surface area contributed by atoms with Crippen LogP contribution in [0.2, 0.25) is 0 Å². The van der Waals surface area contributed by atoms with Gasteiger partial charge in [0.2, 0.25) is 0 Å². The lowest BCUT2D eigenvalue weighted by molar-refractivity contribution is -0.126. The van der Waals surface area contributed by atoms with Crippen molar-refractivity contribution in [3.8, 4) is 5.75 Å². The Hall–Kier alpha value is -2.50. The average molecular weight is 301 g/mol. The molecule has 2 N–H and O–H groups in total. The lowest BCUT2D eigenvalue weighted by Gasteiger charge is -2.21. The van der Waals surface area contributed by atoms with E-state index in [9.17, 15) is 9.59 Å². The third-order valence-electron chi connectivity index (χ3n) is 3.89. The number of hydrogen-bond donors (Lipinski definition) is 2. The Morgan fingerprint density at radius 2 is 2.00 bits per heavy atom. The lowest BCUT2D eigenvalue weighted by atomic mass is 10.1. The summed E-state index contributed by atoms with van der Waals surface area (Å²) >= 11 is 0. The van der Waals surface area contributed by atoms with Crippen molar-refractivity contribution in [3.63, 3.8) is 0 Å². The van der Waals surface area contributed by atoms with E-state index in [0.717, 1.165) is 5.75 Å². The van der Waals surface area contributed by atoms with Gasteiger partial charge in [-0.25, -0.2) is 4.79 Å². The van der Waals surface area contributed by atoms with Gasteiger partial charge in [-0.15, -0.1) is 0 Å². The van der Waals surface area contributed by atoms with E-state index in [2.05, 4.69) is 10.6 Å². The molecule has 0 bridgehead atoms. The van der Waals surface area contributed by atoms with Gasteiger partial charge in [0.1, 0.15) is 12.4 Å². The van der Waals surface area contributed by atoms with Crippen LogP contribution in [-0.4, -0.2) is 42.6 Å². The molecule has 2 aliphatic rings. The van der Waals surface area contributed by atoms with Crippen LogP contribution in [0.3, 0.4) is 0 Å². The summed E-state index contributed by atoms with van der Waals surface area (Å²) in [7, 11) is 0. The number of hydrogen-bond acceptors (Lipinski definition) is 3. The Balaban J connectivity index is 1.56. The van der Waals surface area contributed by atoms with Gasteiger partial charge in [-0.3, -0.25) is 4.79 Å². The second-order valence-corrected chi connectivity index (χ2v) is 5.60. The van der Waals surface area contributed by atoms with Gasteiger partial charge >= 0.3 is 6.03 Å². The summed E-state index contributed by atoms with van der Waals surface area (Å²) in [5.74, 6) is 0.751. The van der Waals surface area contributed by atoms with E-state index in [0.29, 0.717) is 31.0 Å². The van der Waals surface area contributed by atoms with Crippen LogP contribution in [-0.2, 0) is 4.79 Å². The fourth-order valence-electron chi connectivity index (χ4n) is 2.73. The van der Waals surface area contributed by atoms with E-state index >= 15 is 0 Å². The molecule has 3 rings (SSSR count). The van der Waals surface area contributed by atoms with Gasteiger partial charge < -0.3 is 20.3 Å². The molecule has 22 heavy (non-hydrogen) atoms. The van der Waals surface area contributed by atoms with E-state index < -0.39 is 0 Å². The molecule has 0 aromatic heterocycles. The number of carbonyl (C=O) groups excluding carboxylic acids is 2. The van der Waals surface area contributed by atoms with Gasteiger partial charge in [0, 0.05) is 5.70 Å². The molecule has 2 aliphatic heterocycles. The van der Waals surface area contributed by atoms with Crippen molar-refractivity contribution < 1.29 is 14.3 Å². The van der Waals surface area contributed by atoms with Crippen molar-refractivity contribution in [1.82, 2.24) is 15.5 Å². The fourth-order valence-corrected chi connectivity index (χ4v) is 2.73. The first-order valence-corrected chi connectivity index (χ1v) is 7.34. The maximum atomic E-state index is 12.4. The molecule has 0 spiro atoms. The first-order valence-electron chi connectivity index (χ1n) is 7.34. The van der Waals surface area contributed by atoms with E-state index in [4.69, 9.17) is 4.74 Å². The van der Waals surface area contributed by atoms with Crippen molar-refractivity contribution in [2.75, 3.05) is 19.7 Å². The van der Waals surface area contributed by atoms with Crippen molar-refractivity contribution in [3.05, 3.63) is 41.1 Å². The minimum Gasteiger partial charge on any atom is -0.492 e. The van der Waals surface area contributed by atoms with Crippen LogP contribution in [0.15, 0.2) is 35.5 Å². The molecule has 1 aromatic carbocycles. The predicted octanol–water partition coefficient (Wildman–Crippen LogP) is 1.17. The maximum Gasteiger partial charge on any atom is 0.319 e. The van der Waals surface area contributed by atoms with Crippen LogP contribution in [0.5, 0.6) is 5.75 Å². The van der Waals surface area contributed by atoms with Gasteiger partial charge in [-0.2, -0.15) is 0 Å². The first kappa shape index (κ1) is 14.4. The Labute approximate surface area is 129 Å². The van der Waals surface area contributed by atoms with E-state index in [-0.39, 0.29) is 18.0 Å². The number of aryl methyl sites for hydroxylation is 1. The molecule has 1 aromatic rings. The van der Waals surface area contributed by atoms with E-state index in [1.165, 1.54) is 5.56 Å². The monoisotopic (exact) mass is 301 g/mol. The largest absolute Gasteiger partial charge is 0.492 e. The minimum absolute atomic E-state index is 0.0393. The Morgan fingerprint density at radius 1 is 1.27 bits per heavy atom. The molecular formula is C16H19N3O3. The Bertz CT molecular complexity index is 637. The summed E-state index contributed by atoms with van der Waals surface area (Å²) in [6.07, 6.45) is 0. The number of rotatable bonds is 4. The summed E-state index contributed by atoms with van der Waals surface area (Å²) < 4.78 is 5.66. The molecule has 6 heteroatoms. The molecule has 0 aliphatic carbocycles. The normalized spacial score (nSPS) is 20.6. The SMILES string of the molecule is Cc1ccc(OCCN2CC3=C(C2=O)C(C)NC(=O)N3)cc1. The van der Waals surface area contributed by atoms with Crippen LogP contribution in [0, 0.1) is 6.92 Å². The summed E-state index contributed by atoms with van der Waals surface area (Å²) in [5, 5.41) is 5.41. The van der Waals surface area contributed by atoms with Crippen molar-refractivity contribution in [2.45, 2.75) is 19.9 Å². The topological polar surface area (TPSA) is 70.7 Å². The molecule has 0 radical (unpaired) electrons. The molecule has 1 atom stereocenters. The zero-order chi connectivity index (χ0) is 15.7. The second-order valence-electron chi connectivity index (χ2n) is 5.60. The molecule has 0 saturated heterocycles. The zero-order valence-corrected chi connectivity index (χ0v) is 12.7. The van der Waals surface area contributed by atoms with Crippen LogP contribution in [0.4, 0.5) is 4.79 Å². The van der Waals surface area contributed by atoms with Crippen LogP contribution < -0.4 is 15.4 Å². The molecule has 3 amide bonds. The highest BCUT2D eigenvalue weighted by molar-refractivity contribution is 6.01. The summed E-state index contributed by atoms with van der Waals surface area (Å²) in [5.41, 5.74) is 2.53. The van der Waals surface area contributed by atoms with Crippen molar-refractivity contribution in [1.29, 1.82) is 0 Å². The third kappa shape index (κ3) is 2.77. The quantitative estimate of drug-likeness (QED) is 0.877. The number of ether oxygens (including phenoxy) is 1. The molecule has 2 heterocycles. The highest BCUT2D eigenvalue weighted by Crippen LogP contribution is 2.22. The minimum atomic E-state index is -0.253. The number of nitrogens with zero attached hydrogens (tertiary/aromatic N) is 1. The molecule has 116 valence electrons. The van der Waals surface area contributed by atoms with Crippen LogP contribution in [0.1, 0.15) is 12.5 Å². The standard InChI is InChI=1S/C16H19N3O3/c1-10-3-5-12(6-4-10)22-8-7-19-9-13-14(15(19)20)11(2)17-16(21)18-13/h3-6,11H,7-9H2,1-2H3,(H2,17,18,21). The average Bonchev–Trinajstić information content (AvgIpc) is 2.77. The summed E-state index contributed by atoms with van der Waals surface area (Å²) in [4.78, 5) is 25.5. The highest BCUT2D eigenvalue weighted by atomic mass is 16.5. The van der Waals surface area contributed by atoms with Crippen molar-refractivity contribution in [2.24, 2.45) is 0 Å². The number of benzene rings is 1. The summed E-state index contributed by atoms with van der Waals surface area (Å²) in [6.45, 7) is 5.18. The molecule has 0 fully saturated rings. The van der Waals surface area contributed by atoms with Crippen LogP contribution in [0.25, 0.3) is 0 Å². The zero-order valence-electron chi connectivity index (χ0n) is 12.7. The third-order valence-corrected chi connectivity index (χ3v) is 3.89. The summed E-state index contributed by atoms with van der Waals surface area (Å²) in [6, 6.07) is 7.29. The molecular weight excluding hydrogens is 282 g/mol. The lowest BCUT2D eigenvalue weighted by Crippen LogP contribution is -2.47.